The van der Waals surface area contributed by atoms with Crippen molar-refractivity contribution >= 4 is 50.1 Å². The lowest BCUT2D eigenvalue weighted by Crippen LogP contribution is -2.14. The molecule has 0 radical (unpaired) electrons. The zero-order valence-corrected chi connectivity index (χ0v) is 13.1. The second kappa shape index (κ2) is 5.96. The molecule has 0 heterocycles. The summed E-state index contributed by atoms with van der Waals surface area (Å²) in [6.45, 7) is 0. The zero-order valence-electron chi connectivity index (χ0n) is 9.38. The third-order valence-electron chi connectivity index (χ3n) is 2.37. The van der Waals surface area contributed by atoms with Crippen LogP contribution in [0.5, 0.6) is 0 Å². The molecule has 0 aliphatic heterocycles. The molecule has 19 heavy (non-hydrogen) atoms. The van der Waals surface area contributed by atoms with Gasteiger partial charge in [-0.15, -0.1) is 0 Å². The number of nitrogens with one attached hydrogen (secondary N) is 1. The summed E-state index contributed by atoms with van der Waals surface area (Å²) in [5.74, 6) is -2.88. The SMILES string of the molecule is O=C(Nc1ccc(I)c(Br)c1)c1cccc(F)c1F. The molecule has 98 valence electrons. The van der Waals surface area contributed by atoms with Crippen LogP contribution in [0.25, 0.3) is 0 Å². The van der Waals surface area contributed by atoms with Crippen LogP contribution in [0.3, 0.4) is 0 Å². The first kappa shape index (κ1) is 14.4. The van der Waals surface area contributed by atoms with Crippen LogP contribution in [0.1, 0.15) is 10.4 Å². The first-order valence-electron chi connectivity index (χ1n) is 5.19. The Morgan fingerprint density at radius 2 is 1.95 bits per heavy atom. The molecule has 2 rings (SSSR count). The number of carbonyl (C=O) groups excluding carboxylic acids is 1. The molecule has 0 spiro atoms. The summed E-state index contributed by atoms with van der Waals surface area (Å²) in [5, 5.41) is 2.52. The smallest absolute Gasteiger partial charge is 0.258 e. The van der Waals surface area contributed by atoms with Gasteiger partial charge in [-0.05, 0) is 68.9 Å². The first-order valence-corrected chi connectivity index (χ1v) is 7.06. The fraction of sp³-hybridized carbons (Fsp3) is 0. The molecule has 0 saturated heterocycles. The van der Waals surface area contributed by atoms with Gasteiger partial charge in [-0.25, -0.2) is 8.78 Å². The van der Waals surface area contributed by atoms with Crippen molar-refractivity contribution in [2.75, 3.05) is 5.32 Å². The Hall–Kier alpha value is -1.02. The highest BCUT2D eigenvalue weighted by atomic mass is 127. The number of hydrogen-bond acceptors (Lipinski definition) is 1. The van der Waals surface area contributed by atoms with Crippen LogP contribution in [0.15, 0.2) is 40.9 Å². The highest BCUT2D eigenvalue weighted by molar-refractivity contribution is 14.1. The molecule has 2 aromatic rings. The highest BCUT2D eigenvalue weighted by Gasteiger charge is 2.15. The van der Waals surface area contributed by atoms with Crippen molar-refractivity contribution in [1.82, 2.24) is 0 Å². The van der Waals surface area contributed by atoms with Crippen LogP contribution in [0, 0.1) is 15.2 Å². The average molecular weight is 438 g/mol. The lowest BCUT2D eigenvalue weighted by molar-refractivity contribution is 0.102. The third kappa shape index (κ3) is 3.30. The molecule has 0 bridgehead atoms. The first-order chi connectivity index (χ1) is 8.99. The summed E-state index contributed by atoms with van der Waals surface area (Å²) in [4.78, 5) is 11.8. The van der Waals surface area contributed by atoms with Crippen LogP contribution in [0.2, 0.25) is 0 Å². The average Bonchev–Trinajstić information content (AvgIpc) is 2.37. The molecule has 0 fully saturated rings. The van der Waals surface area contributed by atoms with Gasteiger partial charge in [0.2, 0.25) is 0 Å². The second-order valence-corrected chi connectivity index (χ2v) is 5.70. The minimum atomic E-state index is -1.15. The van der Waals surface area contributed by atoms with Crippen molar-refractivity contribution in [3.63, 3.8) is 0 Å². The lowest BCUT2D eigenvalue weighted by atomic mass is 10.2. The predicted molar refractivity (Wildman–Crippen MR) is 81.2 cm³/mol. The van der Waals surface area contributed by atoms with Crippen LogP contribution >= 0.6 is 38.5 Å². The van der Waals surface area contributed by atoms with Crippen molar-refractivity contribution < 1.29 is 13.6 Å². The summed E-state index contributed by atoms with van der Waals surface area (Å²) >= 11 is 5.45. The Balaban J connectivity index is 2.26. The van der Waals surface area contributed by atoms with Gasteiger partial charge in [-0.3, -0.25) is 4.79 Å². The Morgan fingerprint density at radius 1 is 1.21 bits per heavy atom. The van der Waals surface area contributed by atoms with E-state index in [4.69, 9.17) is 0 Å². The van der Waals surface area contributed by atoms with E-state index in [-0.39, 0.29) is 5.56 Å². The molecule has 2 nitrogen and oxygen atoms in total. The molecular weight excluding hydrogens is 431 g/mol. The van der Waals surface area contributed by atoms with Gasteiger partial charge in [-0.2, -0.15) is 0 Å². The molecule has 1 N–H and O–H groups in total. The van der Waals surface area contributed by atoms with Gasteiger partial charge in [0.05, 0.1) is 5.56 Å². The van der Waals surface area contributed by atoms with Gasteiger partial charge in [-0.1, -0.05) is 6.07 Å². The van der Waals surface area contributed by atoms with Gasteiger partial charge < -0.3 is 5.32 Å². The van der Waals surface area contributed by atoms with Crippen molar-refractivity contribution in [2.45, 2.75) is 0 Å². The van der Waals surface area contributed by atoms with Gasteiger partial charge in [0.25, 0.3) is 5.91 Å². The van der Waals surface area contributed by atoms with Crippen molar-refractivity contribution in [3.05, 3.63) is 61.6 Å². The number of rotatable bonds is 2. The second-order valence-electron chi connectivity index (χ2n) is 3.68. The Labute approximate surface area is 130 Å². The molecule has 0 saturated carbocycles. The number of amides is 1. The number of carbonyl (C=O) groups is 1. The summed E-state index contributed by atoms with van der Waals surface area (Å²) < 4.78 is 28.3. The molecule has 2 aromatic carbocycles. The molecule has 1 amide bonds. The zero-order chi connectivity index (χ0) is 14.0. The van der Waals surface area contributed by atoms with Gasteiger partial charge >= 0.3 is 0 Å². The van der Waals surface area contributed by atoms with Crippen molar-refractivity contribution in [2.24, 2.45) is 0 Å². The van der Waals surface area contributed by atoms with Gasteiger partial charge in [0, 0.05) is 13.7 Å². The van der Waals surface area contributed by atoms with Crippen LogP contribution < -0.4 is 5.32 Å². The van der Waals surface area contributed by atoms with E-state index in [1.807, 2.05) is 0 Å². The summed E-state index contributed by atoms with van der Waals surface area (Å²) in [6.07, 6.45) is 0. The summed E-state index contributed by atoms with van der Waals surface area (Å²) in [6, 6.07) is 8.65. The highest BCUT2D eigenvalue weighted by Crippen LogP contribution is 2.23. The van der Waals surface area contributed by atoms with E-state index in [1.165, 1.54) is 12.1 Å². The van der Waals surface area contributed by atoms with E-state index < -0.39 is 17.5 Å². The largest absolute Gasteiger partial charge is 0.322 e. The normalized spacial score (nSPS) is 10.3. The standard InChI is InChI=1S/C13H7BrF2INO/c14-9-6-7(4-5-11(9)17)18-13(19)8-2-1-3-10(15)12(8)16/h1-6H,(H,18,19). The molecule has 0 aliphatic rings. The van der Waals surface area contributed by atoms with Crippen LogP contribution in [-0.4, -0.2) is 5.91 Å². The maximum atomic E-state index is 13.5. The van der Waals surface area contributed by atoms with E-state index in [0.717, 1.165) is 14.1 Å². The predicted octanol–water partition coefficient (Wildman–Crippen LogP) is 4.58. The molecule has 6 heteroatoms. The van der Waals surface area contributed by atoms with E-state index >= 15 is 0 Å². The fourth-order valence-electron chi connectivity index (χ4n) is 1.45. The number of halogens is 4. The van der Waals surface area contributed by atoms with Crippen LogP contribution in [-0.2, 0) is 0 Å². The van der Waals surface area contributed by atoms with E-state index in [1.54, 1.807) is 18.2 Å². The quantitative estimate of drug-likeness (QED) is 0.684. The van der Waals surface area contributed by atoms with Gasteiger partial charge in [0.15, 0.2) is 11.6 Å². The Kier molecular flexibility index (Phi) is 4.51. The minimum absolute atomic E-state index is 0.324. The maximum Gasteiger partial charge on any atom is 0.258 e. The number of benzene rings is 2. The summed E-state index contributed by atoms with van der Waals surface area (Å²) in [5.41, 5.74) is 0.177. The lowest BCUT2D eigenvalue weighted by Gasteiger charge is -2.07. The maximum absolute atomic E-state index is 13.5. The van der Waals surface area contributed by atoms with Crippen molar-refractivity contribution in [1.29, 1.82) is 0 Å². The molecular formula is C13H7BrF2INO. The topological polar surface area (TPSA) is 29.1 Å². The van der Waals surface area contributed by atoms with E-state index in [2.05, 4.69) is 43.8 Å². The van der Waals surface area contributed by atoms with Crippen molar-refractivity contribution in [3.8, 4) is 0 Å². The minimum Gasteiger partial charge on any atom is -0.322 e. The number of hydrogen-bond donors (Lipinski definition) is 1. The molecule has 0 aromatic heterocycles. The third-order valence-corrected chi connectivity index (χ3v) is 4.71. The monoisotopic (exact) mass is 437 g/mol. The van der Waals surface area contributed by atoms with Gasteiger partial charge in [0.1, 0.15) is 0 Å². The molecule has 0 unspecified atom stereocenters. The van der Waals surface area contributed by atoms with Crippen LogP contribution in [0.4, 0.5) is 14.5 Å². The van der Waals surface area contributed by atoms with E-state index in [0.29, 0.717) is 5.69 Å². The summed E-state index contributed by atoms with van der Waals surface area (Å²) in [7, 11) is 0. The number of anilines is 1. The molecule has 0 atom stereocenters. The Bertz CT molecular complexity index is 649. The Morgan fingerprint density at radius 3 is 2.63 bits per heavy atom. The molecule has 0 aliphatic carbocycles. The fourth-order valence-corrected chi connectivity index (χ4v) is 2.17. The van der Waals surface area contributed by atoms with E-state index in [9.17, 15) is 13.6 Å².